The smallest absolute Gasteiger partial charge is 0.244 e. The quantitative estimate of drug-likeness (QED) is 0.266. The highest BCUT2D eigenvalue weighted by Crippen LogP contribution is 2.26. The van der Waals surface area contributed by atoms with Crippen LogP contribution in [0.2, 0.25) is 10.0 Å². The number of methoxy groups -OCH3 is 1. The highest BCUT2D eigenvalue weighted by molar-refractivity contribution is 7.92. The second-order valence-corrected chi connectivity index (χ2v) is 13.5. The van der Waals surface area contributed by atoms with E-state index in [0.717, 1.165) is 48.2 Å². The largest absolute Gasteiger partial charge is 0.497 e. The molecule has 0 heterocycles. The Labute approximate surface area is 264 Å². The fraction of sp³-hybridized carbons (Fsp3) is 0.375. The number of halogens is 2. The molecule has 0 saturated heterocycles. The van der Waals surface area contributed by atoms with E-state index in [2.05, 4.69) is 5.32 Å². The third kappa shape index (κ3) is 9.11. The van der Waals surface area contributed by atoms with Crippen LogP contribution < -0.4 is 14.4 Å². The first-order valence-corrected chi connectivity index (χ1v) is 16.8. The zero-order valence-corrected chi connectivity index (χ0v) is 26.7. The van der Waals surface area contributed by atoms with Crippen LogP contribution >= 0.6 is 23.2 Å². The predicted molar refractivity (Wildman–Crippen MR) is 171 cm³/mol. The Morgan fingerprint density at radius 3 is 2.26 bits per heavy atom. The molecule has 1 aliphatic carbocycles. The van der Waals surface area contributed by atoms with E-state index in [9.17, 15) is 18.0 Å². The molecule has 0 aromatic heterocycles. The van der Waals surface area contributed by atoms with E-state index in [-0.39, 0.29) is 24.9 Å². The summed E-state index contributed by atoms with van der Waals surface area (Å²) in [7, 11) is -2.37. The van der Waals surface area contributed by atoms with Crippen molar-refractivity contribution >= 4 is 50.7 Å². The molecule has 0 radical (unpaired) electrons. The van der Waals surface area contributed by atoms with Gasteiger partial charge in [0.15, 0.2) is 0 Å². The lowest BCUT2D eigenvalue weighted by atomic mass is 9.94. The number of carbonyl (C=O) groups excluding carboxylic acids is 2. The highest BCUT2D eigenvalue weighted by Gasteiger charge is 2.34. The molecule has 1 saturated carbocycles. The molecule has 4 rings (SSSR count). The Bertz CT molecular complexity index is 1500. The van der Waals surface area contributed by atoms with Crippen molar-refractivity contribution in [1.29, 1.82) is 0 Å². The van der Waals surface area contributed by atoms with Crippen LogP contribution in [0.3, 0.4) is 0 Å². The fourth-order valence-corrected chi connectivity index (χ4v) is 6.61. The Morgan fingerprint density at radius 2 is 1.65 bits per heavy atom. The SMILES string of the molecule is COc1ccc(N(CC(=O)N(Cc2ccc(Cl)cc2Cl)C(Cc2ccccc2)C(=O)NC2CCCCC2)S(C)(=O)=O)cc1. The second-order valence-electron chi connectivity index (χ2n) is 10.8. The second kappa shape index (κ2) is 14.9. The van der Waals surface area contributed by atoms with Gasteiger partial charge in [-0.3, -0.25) is 13.9 Å². The molecule has 1 atom stereocenters. The Morgan fingerprint density at radius 1 is 0.977 bits per heavy atom. The first kappa shape index (κ1) is 32.6. The minimum Gasteiger partial charge on any atom is -0.497 e. The summed E-state index contributed by atoms with van der Waals surface area (Å²) in [6.07, 6.45) is 6.22. The van der Waals surface area contributed by atoms with E-state index in [0.29, 0.717) is 27.0 Å². The Hall–Kier alpha value is -3.27. The van der Waals surface area contributed by atoms with Crippen LogP contribution in [0.15, 0.2) is 72.8 Å². The van der Waals surface area contributed by atoms with Gasteiger partial charge in [-0.05, 0) is 60.4 Å². The van der Waals surface area contributed by atoms with Crippen LogP contribution in [0.4, 0.5) is 5.69 Å². The molecule has 11 heteroatoms. The Balaban J connectivity index is 1.73. The number of nitrogens with one attached hydrogen (secondary N) is 1. The molecule has 1 fully saturated rings. The van der Waals surface area contributed by atoms with Crippen molar-refractivity contribution in [2.75, 3.05) is 24.2 Å². The van der Waals surface area contributed by atoms with Gasteiger partial charge in [0.1, 0.15) is 18.3 Å². The number of hydrogen-bond acceptors (Lipinski definition) is 5. The van der Waals surface area contributed by atoms with E-state index >= 15 is 0 Å². The first-order chi connectivity index (χ1) is 20.5. The lowest BCUT2D eigenvalue weighted by Gasteiger charge is -2.35. The third-order valence-corrected chi connectivity index (χ3v) is 9.35. The zero-order valence-electron chi connectivity index (χ0n) is 24.3. The number of carbonyl (C=O) groups is 2. The van der Waals surface area contributed by atoms with Gasteiger partial charge in [0.05, 0.1) is 19.1 Å². The molecule has 2 amide bonds. The minimum atomic E-state index is -3.88. The van der Waals surface area contributed by atoms with E-state index in [4.69, 9.17) is 27.9 Å². The summed E-state index contributed by atoms with van der Waals surface area (Å²) in [5, 5.41) is 3.95. The summed E-state index contributed by atoms with van der Waals surface area (Å²) in [6.45, 7) is -0.539. The average molecular weight is 647 g/mol. The van der Waals surface area contributed by atoms with E-state index in [1.54, 1.807) is 42.5 Å². The lowest BCUT2D eigenvalue weighted by molar-refractivity contribution is -0.140. The molecule has 1 unspecified atom stereocenters. The van der Waals surface area contributed by atoms with Crippen LogP contribution in [0.1, 0.15) is 43.2 Å². The normalized spacial score (nSPS) is 14.5. The Kier molecular flexibility index (Phi) is 11.3. The molecular weight excluding hydrogens is 609 g/mol. The maximum Gasteiger partial charge on any atom is 0.244 e. The molecule has 1 N–H and O–H groups in total. The number of hydrogen-bond donors (Lipinski definition) is 1. The monoisotopic (exact) mass is 645 g/mol. The van der Waals surface area contributed by atoms with Gasteiger partial charge < -0.3 is 15.0 Å². The van der Waals surface area contributed by atoms with Crippen molar-refractivity contribution in [3.63, 3.8) is 0 Å². The number of anilines is 1. The topological polar surface area (TPSA) is 96.0 Å². The van der Waals surface area contributed by atoms with Gasteiger partial charge in [-0.15, -0.1) is 0 Å². The molecule has 0 aliphatic heterocycles. The summed E-state index contributed by atoms with van der Waals surface area (Å²) >= 11 is 12.7. The number of nitrogens with zero attached hydrogens (tertiary/aromatic N) is 2. The number of ether oxygens (including phenoxy) is 1. The summed E-state index contributed by atoms with van der Waals surface area (Å²) < 4.78 is 32.2. The van der Waals surface area contributed by atoms with Gasteiger partial charge in [-0.1, -0.05) is 78.9 Å². The summed E-state index contributed by atoms with van der Waals surface area (Å²) in [6, 6.07) is 19.9. The van der Waals surface area contributed by atoms with Crippen molar-refractivity contribution in [1.82, 2.24) is 10.2 Å². The molecular formula is C32H37Cl2N3O5S. The van der Waals surface area contributed by atoms with Gasteiger partial charge in [0, 0.05) is 29.1 Å². The molecule has 230 valence electrons. The average Bonchev–Trinajstić information content (AvgIpc) is 2.99. The van der Waals surface area contributed by atoms with Crippen molar-refractivity contribution < 1.29 is 22.7 Å². The van der Waals surface area contributed by atoms with Gasteiger partial charge in [0.25, 0.3) is 0 Å². The molecule has 8 nitrogen and oxygen atoms in total. The summed E-state index contributed by atoms with van der Waals surface area (Å²) in [5.41, 5.74) is 1.74. The summed E-state index contributed by atoms with van der Waals surface area (Å²) in [5.74, 6) is -0.290. The van der Waals surface area contributed by atoms with Crippen molar-refractivity contribution in [2.24, 2.45) is 0 Å². The number of sulfonamides is 1. The molecule has 0 bridgehead atoms. The predicted octanol–water partition coefficient (Wildman–Crippen LogP) is 5.86. The van der Waals surface area contributed by atoms with Gasteiger partial charge >= 0.3 is 0 Å². The van der Waals surface area contributed by atoms with Crippen LogP contribution in [0.25, 0.3) is 0 Å². The van der Waals surface area contributed by atoms with E-state index < -0.39 is 28.5 Å². The zero-order chi connectivity index (χ0) is 31.0. The minimum absolute atomic E-state index is 0.0161. The molecule has 3 aromatic rings. The maximum atomic E-state index is 14.3. The summed E-state index contributed by atoms with van der Waals surface area (Å²) in [4.78, 5) is 29.7. The fourth-order valence-electron chi connectivity index (χ4n) is 5.29. The van der Waals surface area contributed by atoms with Crippen LogP contribution in [0.5, 0.6) is 5.75 Å². The highest BCUT2D eigenvalue weighted by atomic mass is 35.5. The molecule has 0 spiro atoms. The van der Waals surface area contributed by atoms with E-state index in [1.165, 1.54) is 12.0 Å². The molecule has 43 heavy (non-hydrogen) atoms. The standard InChI is InChI=1S/C32H37Cl2N3O5S/c1-42-28-17-15-27(16-18-28)37(43(2,40)41)22-31(38)36(21-24-13-14-25(33)20-29(24)34)30(19-23-9-5-3-6-10-23)32(39)35-26-11-7-4-8-12-26/h3,5-6,9-10,13-18,20,26,30H,4,7-8,11-12,19,21-22H2,1-2H3,(H,35,39). The van der Waals surface area contributed by atoms with Crippen LogP contribution in [-0.4, -0.2) is 57.1 Å². The van der Waals surface area contributed by atoms with Crippen molar-refractivity contribution in [3.05, 3.63) is 94.0 Å². The number of rotatable bonds is 12. The third-order valence-electron chi connectivity index (χ3n) is 7.62. The van der Waals surface area contributed by atoms with Crippen LogP contribution in [0, 0.1) is 0 Å². The number of benzene rings is 3. The van der Waals surface area contributed by atoms with Crippen LogP contribution in [-0.2, 0) is 32.6 Å². The van der Waals surface area contributed by atoms with Crippen molar-refractivity contribution in [3.8, 4) is 5.75 Å². The van der Waals surface area contributed by atoms with Gasteiger partial charge in [0.2, 0.25) is 21.8 Å². The maximum absolute atomic E-state index is 14.3. The van der Waals surface area contributed by atoms with Gasteiger partial charge in [-0.25, -0.2) is 8.42 Å². The molecule has 3 aromatic carbocycles. The molecule has 1 aliphatic rings. The lowest BCUT2D eigenvalue weighted by Crippen LogP contribution is -2.55. The van der Waals surface area contributed by atoms with E-state index in [1.807, 2.05) is 30.3 Å². The number of amides is 2. The van der Waals surface area contributed by atoms with Crippen molar-refractivity contribution in [2.45, 2.75) is 57.2 Å². The van der Waals surface area contributed by atoms with Gasteiger partial charge in [-0.2, -0.15) is 0 Å². The first-order valence-electron chi connectivity index (χ1n) is 14.2.